The Morgan fingerprint density at radius 3 is 2.50 bits per heavy atom. The molecule has 2 N–H and O–H groups in total. The van der Waals surface area contributed by atoms with E-state index >= 15 is 0 Å². The van der Waals surface area contributed by atoms with Crippen molar-refractivity contribution in [3.8, 4) is 5.69 Å². The third kappa shape index (κ3) is 1.86. The number of rotatable bonds is 2. The van der Waals surface area contributed by atoms with Crippen molar-refractivity contribution in [2.45, 2.75) is 27.3 Å². The molecule has 0 aliphatic rings. The summed E-state index contributed by atoms with van der Waals surface area (Å²) in [6, 6.07) is 8.36. The second-order valence-electron chi connectivity index (χ2n) is 4.18. The van der Waals surface area contributed by atoms with Crippen molar-refractivity contribution in [3.63, 3.8) is 0 Å². The van der Waals surface area contributed by atoms with E-state index in [0.717, 1.165) is 22.6 Å². The van der Waals surface area contributed by atoms with E-state index in [4.69, 9.17) is 5.73 Å². The summed E-state index contributed by atoms with van der Waals surface area (Å²) in [6.45, 7) is 6.67. The fourth-order valence-corrected chi connectivity index (χ4v) is 1.96. The molecule has 1 aromatic heterocycles. The Morgan fingerprint density at radius 2 is 1.94 bits per heavy atom. The number of hydrogen-bond acceptors (Lipinski definition) is 2. The molecule has 0 aliphatic carbocycles. The van der Waals surface area contributed by atoms with E-state index in [1.807, 2.05) is 11.6 Å². The average molecular weight is 215 g/mol. The Balaban J connectivity index is 2.59. The molecule has 3 nitrogen and oxygen atoms in total. The maximum Gasteiger partial charge on any atom is 0.0693 e. The second kappa shape index (κ2) is 4.10. The van der Waals surface area contributed by atoms with Crippen LogP contribution in [0.3, 0.4) is 0 Å². The Kier molecular flexibility index (Phi) is 2.79. The molecular formula is C13H17N3. The van der Waals surface area contributed by atoms with Gasteiger partial charge in [0.1, 0.15) is 0 Å². The molecule has 0 unspecified atom stereocenters. The van der Waals surface area contributed by atoms with Crippen LogP contribution in [-0.4, -0.2) is 9.78 Å². The summed E-state index contributed by atoms with van der Waals surface area (Å²) in [5, 5.41) is 4.48. The lowest BCUT2D eigenvalue weighted by atomic mass is 10.1. The number of nitrogens with two attached hydrogens (primary N) is 1. The van der Waals surface area contributed by atoms with E-state index in [-0.39, 0.29) is 0 Å². The standard InChI is InChI=1S/C13H17N3/c1-9-4-5-13(12(6-9)8-14)16-11(3)7-10(2)15-16/h4-7H,8,14H2,1-3H3. The number of benzene rings is 1. The summed E-state index contributed by atoms with van der Waals surface area (Å²) in [6.07, 6.45) is 0. The number of aromatic nitrogens is 2. The Morgan fingerprint density at radius 1 is 1.19 bits per heavy atom. The summed E-state index contributed by atoms with van der Waals surface area (Å²) in [4.78, 5) is 0. The summed E-state index contributed by atoms with van der Waals surface area (Å²) >= 11 is 0. The first kappa shape index (κ1) is 10.9. The first-order chi connectivity index (χ1) is 7.61. The van der Waals surface area contributed by atoms with Crippen LogP contribution in [0.4, 0.5) is 0 Å². The van der Waals surface area contributed by atoms with Crippen molar-refractivity contribution < 1.29 is 0 Å². The van der Waals surface area contributed by atoms with E-state index < -0.39 is 0 Å². The van der Waals surface area contributed by atoms with Crippen LogP contribution in [0.15, 0.2) is 24.3 Å². The SMILES string of the molecule is Cc1ccc(-n2nc(C)cc2C)c(CN)c1. The van der Waals surface area contributed by atoms with Crippen molar-refractivity contribution in [2.24, 2.45) is 5.73 Å². The molecule has 0 spiro atoms. The third-order valence-electron chi connectivity index (χ3n) is 2.69. The quantitative estimate of drug-likeness (QED) is 0.835. The molecule has 0 radical (unpaired) electrons. The highest BCUT2D eigenvalue weighted by Gasteiger charge is 2.07. The molecule has 0 fully saturated rings. The highest BCUT2D eigenvalue weighted by Crippen LogP contribution is 2.18. The van der Waals surface area contributed by atoms with E-state index in [1.54, 1.807) is 0 Å². The minimum Gasteiger partial charge on any atom is -0.326 e. The first-order valence-corrected chi connectivity index (χ1v) is 5.45. The molecule has 16 heavy (non-hydrogen) atoms. The monoisotopic (exact) mass is 215 g/mol. The second-order valence-corrected chi connectivity index (χ2v) is 4.18. The van der Waals surface area contributed by atoms with Crippen molar-refractivity contribution >= 4 is 0 Å². The molecule has 1 aromatic carbocycles. The smallest absolute Gasteiger partial charge is 0.0693 e. The van der Waals surface area contributed by atoms with Crippen LogP contribution >= 0.6 is 0 Å². The number of aryl methyl sites for hydroxylation is 3. The fourth-order valence-electron chi connectivity index (χ4n) is 1.96. The topological polar surface area (TPSA) is 43.8 Å². The largest absolute Gasteiger partial charge is 0.326 e. The maximum absolute atomic E-state index is 5.77. The zero-order chi connectivity index (χ0) is 11.7. The van der Waals surface area contributed by atoms with Gasteiger partial charge in [0.25, 0.3) is 0 Å². The zero-order valence-electron chi connectivity index (χ0n) is 9.99. The van der Waals surface area contributed by atoms with Gasteiger partial charge in [-0.3, -0.25) is 0 Å². The van der Waals surface area contributed by atoms with Crippen LogP contribution in [0.25, 0.3) is 5.69 Å². The van der Waals surface area contributed by atoms with Crippen LogP contribution in [0, 0.1) is 20.8 Å². The number of hydrogen-bond donors (Lipinski definition) is 1. The molecule has 2 rings (SSSR count). The Hall–Kier alpha value is -1.61. The molecule has 0 atom stereocenters. The van der Waals surface area contributed by atoms with Gasteiger partial charge in [0.05, 0.1) is 11.4 Å². The summed E-state index contributed by atoms with van der Waals surface area (Å²) in [5.74, 6) is 0. The van der Waals surface area contributed by atoms with Gasteiger partial charge < -0.3 is 5.73 Å². The van der Waals surface area contributed by atoms with Gasteiger partial charge >= 0.3 is 0 Å². The van der Waals surface area contributed by atoms with Crippen molar-refractivity contribution in [3.05, 3.63) is 46.8 Å². The molecule has 0 amide bonds. The highest BCUT2D eigenvalue weighted by molar-refractivity contribution is 5.44. The van der Waals surface area contributed by atoms with Gasteiger partial charge in [0.15, 0.2) is 0 Å². The van der Waals surface area contributed by atoms with Crippen LogP contribution in [0.1, 0.15) is 22.5 Å². The lowest BCUT2D eigenvalue weighted by molar-refractivity contribution is 0.817. The third-order valence-corrected chi connectivity index (χ3v) is 2.69. The Bertz CT molecular complexity index is 512. The molecule has 84 valence electrons. The predicted octanol–water partition coefficient (Wildman–Crippen LogP) is 2.26. The minimum atomic E-state index is 0.537. The van der Waals surface area contributed by atoms with Crippen LogP contribution in [-0.2, 0) is 6.54 Å². The summed E-state index contributed by atoms with van der Waals surface area (Å²) in [5.41, 5.74) is 11.4. The van der Waals surface area contributed by atoms with E-state index in [0.29, 0.717) is 6.54 Å². The van der Waals surface area contributed by atoms with Gasteiger partial charge in [0.2, 0.25) is 0 Å². The molecule has 0 saturated carbocycles. The van der Waals surface area contributed by atoms with Gasteiger partial charge in [-0.1, -0.05) is 17.7 Å². The summed E-state index contributed by atoms with van der Waals surface area (Å²) < 4.78 is 1.96. The predicted molar refractivity (Wildman–Crippen MR) is 65.7 cm³/mol. The van der Waals surface area contributed by atoms with Crippen molar-refractivity contribution in [1.29, 1.82) is 0 Å². The molecule has 0 aliphatic heterocycles. The van der Waals surface area contributed by atoms with E-state index in [1.165, 1.54) is 5.56 Å². The number of nitrogens with zero attached hydrogens (tertiary/aromatic N) is 2. The highest BCUT2D eigenvalue weighted by atomic mass is 15.3. The van der Waals surface area contributed by atoms with Crippen LogP contribution in [0.5, 0.6) is 0 Å². The minimum absolute atomic E-state index is 0.537. The fraction of sp³-hybridized carbons (Fsp3) is 0.308. The zero-order valence-corrected chi connectivity index (χ0v) is 9.99. The first-order valence-electron chi connectivity index (χ1n) is 5.45. The van der Waals surface area contributed by atoms with Gasteiger partial charge in [-0.25, -0.2) is 4.68 Å². The lowest BCUT2D eigenvalue weighted by Crippen LogP contribution is -2.07. The lowest BCUT2D eigenvalue weighted by Gasteiger charge is -2.10. The Labute approximate surface area is 95.9 Å². The van der Waals surface area contributed by atoms with Gasteiger partial charge in [0, 0.05) is 12.2 Å². The van der Waals surface area contributed by atoms with E-state index in [2.05, 4.69) is 43.2 Å². The van der Waals surface area contributed by atoms with Crippen molar-refractivity contribution in [2.75, 3.05) is 0 Å². The molecule has 0 saturated heterocycles. The molecular weight excluding hydrogens is 198 g/mol. The van der Waals surface area contributed by atoms with E-state index in [9.17, 15) is 0 Å². The molecule has 0 bridgehead atoms. The van der Waals surface area contributed by atoms with Gasteiger partial charge in [-0.2, -0.15) is 5.10 Å². The molecule has 2 aromatic rings. The molecule has 3 heteroatoms. The van der Waals surface area contributed by atoms with Gasteiger partial charge in [-0.15, -0.1) is 0 Å². The van der Waals surface area contributed by atoms with Gasteiger partial charge in [-0.05, 0) is 38.5 Å². The maximum atomic E-state index is 5.77. The average Bonchev–Trinajstić information content (AvgIpc) is 2.57. The molecule has 1 heterocycles. The van der Waals surface area contributed by atoms with Crippen LogP contribution < -0.4 is 5.73 Å². The van der Waals surface area contributed by atoms with Crippen LogP contribution in [0.2, 0.25) is 0 Å². The normalized spacial score (nSPS) is 10.8. The summed E-state index contributed by atoms with van der Waals surface area (Å²) in [7, 11) is 0. The van der Waals surface area contributed by atoms with Crippen molar-refractivity contribution in [1.82, 2.24) is 9.78 Å².